The number of hydrogen-bond donors (Lipinski definition) is 0. The van der Waals surface area contributed by atoms with Crippen LogP contribution in [0.1, 0.15) is 0 Å². The van der Waals surface area contributed by atoms with Gasteiger partial charge in [0.15, 0.2) is 5.75 Å². The Morgan fingerprint density at radius 2 is 0.963 bits per heavy atom. The van der Waals surface area contributed by atoms with E-state index in [1.165, 1.54) is 0 Å². The largest absolute Gasteiger partial charge is 0.673 e. The summed E-state index contributed by atoms with van der Waals surface area (Å²) in [5, 5.41) is 0. The lowest BCUT2D eigenvalue weighted by Gasteiger charge is -2.38. The van der Waals surface area contributed by atoms with Crippen molar-refractivity contribution in [1.82, 2.24) is 0 Å². The third kappa shape index (κ3) is 6.40. The summed E-state index contributed by atoms with van der Waals surface area (Å²) in [6.45, 7) is 0. The first kappa shape index (κ1) is 28.5. The fourth-order valence-electron chi connectivity index (χ4n) is 1.23. The Morgan fingerprint density at radius 1 is 0.667 bits per heavy atom. The second-order valence-corrected chi connectivity index (χ2v) is 7.24. The zero-order valence-electron chi connectivity index (χ0n) is 12.8. The Kier molecular flexibility index (Phi) is 8.81. The standard InChI is InChI=1S/C9H9F12S.BF4/c1-22(2)3-5(12,13)7(16,17)9(20,21)8(18,19)6(14,15)4(10)11;2-1(3,4)5/h4H,3H2,1-2H3;/q+1;-1. The van der Waals surface area contributed by atoms with Gasteiger partial charge in [-0.05, 0) is 10.9 Å². The van der Waals surface area contributed by atoms with Crippen molar-refractivity contribution in [3.8, 4) is 0 Å². The predicted octanol–water partition coefficient (Wildman–Crippen LogP) is 5.61. The van der Waals surface area contributed by atoms with Crippen molar-refractivity contribution in [2.75, 3.05) is 18.3 Å². The van der Waals surface area contributed by atoms with Crippen LogP contribution in [0.2, 0.25) is 0 Å². The van der Waals surface area contributed by atoms with Gasteiger partial charge in [0.25, 0.3) is 0 Å². The summed E-state index contributed by atoms with van der Waals surface area (Å²) in [4.78, 5) is 0. The van der Waals surface area contributed by atoms with Gasteiger partial charge in [-0.2, -0.15) is 43.9 Å². The van der Waals surface area contributed by atoms with Crippen molar-refractivity contribution in [1.29, 1.82) is 0 Å². The number of rotatable bonds is 7. The normalized spacial score (nSPS) is 15.1. The third-order valence-corrected chi connectivity index (χ3v) is 3.35. The van der Waals surface area contributed by atoms with E-state index in [9.17, 15) is 69.9 Å². The van der Waals surface area contributed by atoms with Crippen LogP contribution in [0.25, 0.3) is 0 Å². The van der Waals surface area contributed by atoms with Crippen LogP contribution in [-0.2, 0) is 10.9 Å². The molecule has 27 heavy (non-hydrogen) atoms. The van der Waals surface area contributed by atoms with Gasteiger partial charge in [-0.15, -0.1) is 0 Å². The average Bonchev–Trinajstić information content (AvgIpc) is 2.33. The third-order valence-electron chi connectivity index (χ3n) is 2.41. The second kappa shape index (κ2) is 8.35. The van der Waals surface area contributed by atoms with E-state index >= 15 is 0 Å². The molecular formula is C9H9BF16S. The van der Waals surface area contributed by atoms with Gasteiger partial charge in [0.2, 0.25) is 0 Å². The van der Waals surface area contributed by atoms with Gasteiger partial charge in [-0.1, -0.05) is 0 Å². The summed E-state index contributed by atoms with van der Waals surface area (Å²) in [6, 6.07) is 0. The molecule has 0 nitrogen and oxygen atoms in total. The molecule has 0 atom stereocenters. The average molecular weight is 464 g/mol. The maximum Gasteiger partial charge on any atom is 0.673 e. The van der Waals surface area contributed by atoms with E-state index in [1.807, 2.05) is 0 Å². The van der Waals surface area contributed by atoms with Gasteiger partial charge >= 0.3 is 43.3 Å². The highest BCUT2D eigenvalue weighted by Crippen LogP contribution is 2.58. The summed E-state index contributed by atoms with van der Waals surface area (Å²) in [5.74, 6) is -36.6. The molecule has 0 aliphatic rings. The van der Waals surface area contributed by atoms with Crippen molar-refractivity contribution in [2.24, 2.45) is 0 Å². The van der Waals surface area contributed by atoms with Crippen LogP contribution in [-0.4, -0.2) is 61.6 Å². The minimum atomic E-state index is -7.41. The molecule has 0 amide bonds. The molecule has 0 aromatic carbocycles. The molecule has 0 rings (SSSR count). The first-order valence-corrected chi connectivity index (χ1v) is 8.16. The molecule has 0 aliphatic heterocycles. The van der Waals surface area contributed by atoms with Gasteiger partial charge in [-0.3, -0.25) is 0 Å². The molecule has 0 saturated heterocycles. The van der Waals surface area contributed by atoms with Crippen molar-refractivity contribution in [3.05, 3.63) is 0 Å². The summed E-state index contributed by atoms with van der Waals surface area (Å²) in [6.07, 6.45) is -3.73. The molecule has 0 saturated carbocycles. The molecule has 0 unspecified atom stereocenters. The Balaban J connectivity index is 0. The number of hydrogen-bond acceptors (Lipinski definition) is 0. The lowest BCUT2D eigenvalue weighted by molar-refractivity contribution is -0.409. The van der Waals surface area contributed by atoms with Crippen LogP contribution in [0, 0.1) is 0 Å². The van der Waals surface area contributed by atoms with Gasteiger partial charge in [0, 0.05) is 0 Å². The van der Waals surface area contributed by atoms with E-state index in [0.717, 1.165) is 12.5 Å². The summed E-state index contributed by atoms with van der Waals surface area (Å²) in [5.41, 5.74) is 0. The first-order chi connectivity index (χ1) is 11.4. The van der Waals surface area contributed by atoms with Gasteiger partial charge in [0.1, 0.15) is 0 Å². The lowest BCUT2D eigenvalue weighted by atomic mass is 9.95. The monoisotopic (exact) mass is 464 g/mol. The zero-order chi connectivity index (χ0) is 22.9. The van der Waals surface area contributed by atoms with E-state index in [1.54, 1.807) is 0 Å². The van der Waals surface area contributed by atoms with Crippen molar-refractivity contribution in [3.63, 3.8) is 0 Å². The highest BCUT2D eigenvalue weighted by molar-refractivity contribution is 7.95. The van der Waals surface area contributed by atoms with Crippen LogP contribution < -0.4 is 0 Å². The fourth-order valence-corrected chi connectivity index (χ4v) is 2.13. The lowest BCUT2D eigenvalue weighted by Crippen LogP contribution is -2.69. The minimum Gasteiger partial charge on any atom is -0.418 e. The van der Waals surface area contributed by atoms with E-state index in [2.05, 4.69) is 0 Å². The first-order valence-electron chi connectivity index (χ1n) is 5.95. The van der Waals surface area contributed by atoms with Gasteiger partial charge in [-0.25, -0.2) is 8.78 Å². The summed E-state index contributed by atoms with van der Waals surface area (Å²) < 4.78 is 191. The zero-order valence-corrected chi connectivity index (χ0v) is 13.6. The molecule has 0 N–H and O–H groups in total. The molecular weight excluding hydrogens is 455 g/mol. The van der Waals surface area contributed by atoms with E-state index in [-0.39, 0.29) is 0 Å². The topological polar surface area (TPSA) is 0 Å². The predicted molar refractivity (Wildman–Crippen MR) is 65.0 cm³/mol. The van der Waals surface area contributed by atoms with Crippen LogP contribution in [0.15, 0.2) is 0 Å². The molecule has 0 spiro atoms. The Bertz CT molecular complexity index is 463. The Labute approximate surface area is 143 Å². The fraction of sp³-hybridized carbons (Fsp3) is 1.00. The second-order valence-electron chi connectivity index (χ2n) is 4.98. The van der Waals surface area contributed by atoms with Crippen LogP contribution in [0.5, 0.6) is 0 Å². The maximum absolute atomic E-state index is 13.1. The highest BCUT2D eigenvalue weighted by Gasteiger charge is 2.88. The smallest absolute Gasteiger partial charge is 0.418 e. The molecule has 0 fully saturated rings. The van der Waals surface area contributed by atoms with Crippen molar-refractivity contribution >= 4 is 18.1 Å². The molecule has 0 aromatic rings. The van der Waals surface area contributed by atoms with Crippen LogP contribution in [0.3, 0.4) is 0 Å². The molecule has 0 heterocycles. The van der Waals surface area contributed by atoms with Gasteiger partial charge in [0.05, 0.1) is 12.5 Å². The van der Waals surface area contributed by atoms with Crippen LogP contribution in [0.4, 0.5) is 69.9 Å². The van der Waals surface area contributed by atoms with E-state index < -0.39 is 59.9 Å². The van der Waals surface area contributed by atoms with Crippen LogP contribution >= 0.6 is 0 Å². The van der Waals surface area contributed by atoms with E-state index in [0.29, 0.717) is 0 Å². The molecule has 0 aromatic heterocycles. The number of halogens is 16. The Morgan fingerprint density at radius 3 is 1.19 bits per heavy atom. The SMILES string of the molecule is C[S+](C)CC(F)(F)C(F)(F)C(F)(F)C(F)(F)C(F)(F)C(F)F.F[B-](F)(F)F. The minimum absolute atomic E-state index is 0.869. The molecule has 0 radical (unpaired) electrons. The Hall–Kier alpha value is -0.705. The quantitative estimate of drug-likeness (QED) is 0.262. The summed E-state index contributed by atoms with van der Waals surface area (Å²) >= 11 is 0. The summed E-state index contributed by atoms with van der Waals surface area (Å²) in [7, 11) is -7.67. The highest BCUT2D eigenvalue weighted by atomic mass is 32.2. The van der Waals surface area contributed by atoms with Gasteiger partial charge < -0.3 is 17.3 Å². The molecule has 18 heteroatoms. The maximum atomic E-state index is 13.1. The van der Waals surface area contributed by atoms with E-state index in [4.69, 9.17) is 0 Å². The van der Waals surface area contributed by atoms with Crippen molar-refractivity contribution in [2.45, 2.75) is 36.0 Å². The van der Waals surface area contributed by atoms with Crippen molar-refractivity contribution < 1.29 is 69.9 Å². The number of alkyl halides is 12. The molecule has 0 bridgehead atoms. The molecule has 0 aliphatic carbocycles. The molecule has 166 valence electrons.